The standard InChI is InChI=1S/C20H23N3O3S/c1-4-14(3)27-15-7-8-16(13(2)12-15)21-18(24)9-10-19-22-20(23-26-19)17-6-5-11-25-17/h5-8,11-12,14H,4,9-10H2,1-3H3,(H,21,24). The largest absolute Gasteiger partial charge is 0.461 e. The lowest BCUT2D eigenvalue weighted by molar-refractivity contribution is -0.116. The van der Waals surface area contributed by atoms with E-state index in [0.29, 0.717) is 29.1 Å². The molecular weight excluding hydrogens is 362 g/mol. The highest BCUT2D eigenvalue weighted by molar-refractivity contribution is 7.99. The summed E-state index contributed by atoms with van der Waals surface area (Å²) in [6.45, 7) is 6.40. The predicted molar refractivity (Wildman–Crippen MR) is 106 cm³/mol. The second kappa shape index (κ2) is 8.90. The van der Waals surface area contributed by atoms with Gasteiger partial charge in [-0.25, -0.2) is 0 Å². The van der Waals surface area contributed by atoms with Crippen LogP contribution in [-0.2, 0) is 11.2 Å². The SMILES string of the molecule is CCC(C)Sc1ccc(NC(=O)CCc2nc(-c3ccco3)no2)c(C)c1. The van der Waals surface area contributed by atoms with Gasteiger partial charge in [0.1, 0.15) is 0 Å². The lowest BCUT2D eigenvalue weighted by Gasteiger charge is -2.12. The molecule has 1 amide bonds. The summed E-state index contributed by atoms with van der Waals surface area (Å²) >= 11 is 1.85. The third kappa shape index (κ3) is 5.23. The maximum absolute atomic E-state index is 12.3. The van der Waals surface area contributed by atoms with Crippen LogP contribution in [0.1, 0.15) is 38.1 Å². The molecule has 0 aliphatic rings. The van der Waals surface area contributed by atoms with Gasteiger partial charge in [-0.05, 0) is 49.2 Å². The molecule has 142 valence electrons. The number of thioether (sulfide) groups is 1. The Morgan fingerprint density at radius 1 is 1.33 bits per heavy atom. The molecule has 2 aromatic heterocycles. The van der Waals surface area contributed by atoms with Crippen LogP contribution in [0.4, 0.5) is 5.69 Å². The van der Waals surface area contributed by atoms with Gasteiger partial charge in [0.05, 0.1) is 6.26 Å². The van der Waals surface area contributed by atoms with Gasteiger partial charge in [-0.3, -0.25) is 4.79 Å². The zero-order valence-corrected chi connectivity index (χ0v) is 16.5. The van der Waals surface area contributed by atoms with Gasteiger partial charge in [0, 0.05) is 28.7 Å². The molecule has 0 saturated heterocycles. The lowest BCUT2D eigenvalue weighted by Crippen LogP contribution is -2.13. The molecule has 0 bridgehead atoms. The van der Waals surface area contributed by atoms with Crippen LogP contribution in [0.5, 0.6) is 0 Å². The van der Waals surface area contributed by atoms with Gasteiger partial charge in [-0.15, -0.1) is 11.8 Å². The fraction of sp³-hybridized carbons (Fsp3) is 0.350. The van der Waals surface area contributed by atoms with Crippen molar-refractivity contribution in [3.05, 3.63) is 48.0 Å². The van der Waals surface area contributed by atoms with Crippen molar-refractivity contribution < 1.29 is 13.7 Å². The quantitative estimate of drug-likeness (QED) is 0.543. The van der Waals surface area contributed by atoms with Crippen LogP contribution in [0.15, 0.2) is 50.4 Å². The molecule has 1 atom stereocenters. The number of amides is 1. The Bertz CT molecular complexity index is 890. The molecule has 6 nitrogen and oxygen atoms in total. The molecule has 0 fully saturated rings. The van der Waals surface area contributed by atoms with Crippen LogP contribution < -0.4 is 5.32 Å². The Morgan fingerprint density at radius 3 is 2.89 bits per heavy atom. The first-order chi connectivity index (χ1) is 13.0. The fourth-order valence-corrected chi connectivity index (χ4v) is 3.48. The van der Waals surface area contributed by atoms with E-state index in [-0.39, 0.29) is 12.3 Å². The molecule has 0 saturated carbocycles. The number of aryl methyl sites for hydroxylation is 2. The Hall–Kier alpha value is -2.54. The molecule has 1 aromatic carbocycles. The summed E-state index contributed by atoms with van der Waals surface area (Å²) in [5.74, 6) is 1.26. The third-order valence-corrected chi connectivity index (χ3v) is 5.42. The zero-order chi connectivity index (χ0) is 19.2. The van der Waals surface area contributed by atoms with Gasteiger partial charge in [0.25, 0.3) is 0 Å². The van der Waals surface area contributed by atoms with Crippen LogP contribution in [0.3, 0.4) is 0 Å². The van der Waals surface area contributed by atoms with E-state index < -0.39 is 0 Å². The maximum atomic E-state index is 12.3. The van der Waals surface area contributed by atoms with Crippen molar-refractivity contribution in [1.82, 2.24) is 10.1 Å². The third-order valence-electron chi connectivity index (χ3n) is 4.16. The van der Waals surface area contributed by atoms with E-state index in [2.05, 4.69) is 35.4 Å². The summed E-state index contributed by atoms with van der Waals surface area (Å²) < 4.78 is 10.4. The summed E-state index contributed by atoms with van der Waals surface area (Å²) in [4.78, 5) is 17.7. The number of nitrogens with one attached hydrogen (secondary N) is 1. The molecule has 0 spiro atoms. The highest BCUT2D eigenvalue weighted by Gasteiger charge is 2.13. The molecule has 7 heteroatoms. The average molecular weight is 385 g/mol. The first-order valence-corrected chi connectivity index (χ1v) is 9.86. The zero-order valence-electron chi connectivity index (χ0n) is 15.7. The Kier molecular flexibility index (Phi) is 6.34. The van der Waals surface area contributed by atoms with Gasteiger partial charge < -0.3 is 14.3 Å². The van der Waals surface area contributed by atoms with Crippen LogP contribution in [-0.4, -0.2) is 21.3 Å². The van der Waals surface area contributed by atoms with Gasteiger partial charge in [-0.1, -0.05) is 19.0 Å². The van der Waals surface area contributed by atoms with Crippen molar-refractivity contribution in [2.45, 2.75) is 50.2 Å². The van der Waals surface area contributed by atoms with Crippen molar-refractivity contribution in [3.63, 3.8) is 0 Å². The molecule has 3 aromatic rings. The minimum atomic E-state index is -0.0850. The number of nitrogens with zero attached hydrogens (tertiary/aromatic N) is 2. The molecule has 1 N–H and O–H groups in total. The van der Waals surface area contributed by atoms with E-state index in [0.717, 1.165) is 17.7 Å². The first-order valence-electron chi connectivity index (χ1n) is 8.98. The van der Waals surface area contributed by atoms with E-state index in [1.165, 1.54) is 4.90 Å². The number of hydrogen-bond donors (Lipinski definition) is 1. The molecule has 0 aliphatic heterocycles. The highest BCUT2D eigenvalue weighted by atomic mass is 32.2. The number of aromatic nitrogens is 2. The number of anilines is 1. The van der Waals surface area contributed by atoms with Gasteiger partial charge in [-0.2, -0.15) is 4.98 Å². The van der Waals surface area contributed by atoms with E-state index >= 15 is 0 Å². The second-order valence-corrected chi connectivity index (χ2v) is 7.86. The molecule has 2 heterocycles. The van der Waals surface area contributed by atoms with E-state index in [1.807, 2.05) is 30.8 Å². The predicted octanol–water partition coefficient (Wildman–Crippen LogP) is 5.10. The molecule has 27 heavy (non-hydrogen) atoms. The fourth-order valence-electron chi connectivity index (χ4n) is 2.46. The van der Waals surface area contributed by atoms with E-state index in [4.69, 9.17) is 8.94 Å². The number of hydrogen-bond acceptors (Lipinski definition) is 6. The Labute approximate surface area is 162 Å². The van der Waals surface area contributed by atoms with Crippen LogP contribution in [0.25, 0.3) is 11.6 Å². The monoisotopic (exact) mass is 385 g/mol. The molecule has 0 radical (unpaired) electrons. The topological polar surface area (TPSA) is 81.2 Å². The van der Waals surface area contributed by atoms with E-state index in [1.54, 1.807) is 18.4 Å². The number of carbonyl (C=O) groups excluding carboxylic acids is 1. The molecule has 1 unspecified atom stereocenters. The summed E-state index contributed by atoms with van der Waals surface area (Å²) in [7, 11) is 0. The molecule has 3 rings (SSSR count). The van der Waals surface area contributed by atoms with Crippen molar-refractivity contribution in [3.8, 4) is 11.6 Å². The van der Waals surface area contributed by atoms with Crippen molar-refractivity contribution in [1.29, 1.82) is 0 Å². The average Bonchev–Trinajstić information content (AvgIpc) is 3.33. The van der Waals surface area contributed by atoms with Crippen LogP contribution >= 0.6 is 11.8 Å². The summed E-state index contributed by atoms with van der Waals surface area (Å²) in [5.41, 5.74) is 1.88. The normalized spacial score (nSPS) is 12.1. The smallest absolute Gasteiger partial charge is 0.238 e. The van der Waals surface area contributed by atoms with E-state index in [9.17, 15) is 4.79 Å². The highest BCUT2D eigenvalue weighted by Crippen LogP contribution is 2.28. The van der Waals surface area contributed by atoms with Crippen molar-refractivity contribution in [2.24, 2.45) is 0 Å². The Balaban J connectivity index is 1.53. The molecule has 0 aliphatic carbocycles. The summed E-state index contributed by atoms with van der Waals surface area (Å²) in [6, 6.07) is 9.63. The minimum absolute atomic E-state index is 0.0850. The summed E-state index contributed by atoms with van der Waals surface area (Å²) in [5, 5.41) is 7.39. The number of rotatable bonds is 8. The second-order valence-electron chi connectivity index (χ2n) is 6.35. The van der Waals surface area contributed by atoms with Crippen LogP contribution in [0.2, 0.25) is 0 Å². The first kappa shape index (κ1) is 19.2. The van der Waals surface area contributed by atoms with Gasteiger partial charge >= 0.3 is 0 Å². The van der Waals surface area contributed by atoms with Crippen molar-refractivity contribution >= 4 is 23.4 Å². The molecular formula is C20H23N3O3S. The minimum Gasteiger partial charge on any atom is -0.461 e. The maximum Gasteiger partial charge on any atom is 0.238 e. The number of benzene rings is 1. The Morgan fingerprint density at radius 2 is 2.19 bits per heavy atom. The van der Waals surface area contributed by atoms with Gasteiger partial charge in [0.15, 0.2) is 5.76 Å². The number of carbonyl (C=O) groups is 1. The van der Waals surface area contributed by atoms with Gasteiger partial charge in [0.2, 0.25) is 17.6 Å². The van der Waals surface area contributed by atoms with Crippen molar-refractivity contribution in [2.75, 3.05) is 5.32 Å². The lowest BCUT2D eigenvalue weighted by atomic mass is 10.2. The number of furan rings is 1. The summed E-state index contributed by atoms with van der Waals surface area (Å²) in [6.07, 6.45) is 3.32. The van der Waals surface area contributed by atoms with Crippen LogP contribution in [0, 0.1) is 6.92 Å².